The topological polar surface area (TPSA) is 60.9 Å². The van der Waals surface area contributed by atoms with Gasteiger partial charge in [0.1, 0.15) is 10.1 Å². The van der Waals surface area contributed by atoms with Gasteiger partial charge in [-0.2, -0.15) is 0 Å². The summed E-state index contributed by atoms with van der Waals surface area (Å²) in [5.41, 5.74) is 0.738. The van der Waals surface area contributed by atoms with Gasteiger partial charge in [-0.15, -0.1) is 0 Å². The Hall–Kier alpha value is -1.77. The van der Waals surface area contributed by atoms with Gasteiger partial charge in [-0.1, -0.05) is 36.1 Å². The Balaban J connectivity index is 1.54. The molecular weight excluding hydrogens is 411 g/mol. The van der Waals surface area contributed by atoms with Gasteiger partial charge in [-0.3, -0.25) is 14.5 Å². The number of aliphatic hydroxyl groups is 1. The summed E-state index contributed by atoms with van der Waals surface area (Å²) < 4.78 is 13.5. The van der Waals surface area contributed by atoms with Crippen LogP contribution in [0, 0.1) is 5.82 Å². The van der Waals surface area contributed by atoms with E-state index < -0.39 is 0 Å². The van der Waals surface area contributed by atoms with Crippen LogP contribution in [0.1, 0.15) is 44.1 Å². The SMILES string of the molecule is O=C1/C(=C/c2ccc(F)cc2)SC(=S)N1CCCC(=O)N1CCCC[C@@H]1CCO. The fraction of sp³-hybridized carbons (Fsp3) is 0.476. The summed E-state index contributed by atoms with van der Waals surface area (Å²) in [6.45, 7) is 1.23. The van der Waals surface area contributed by atoms with Gasteiger partial charge in [0.2, 0.25) is 5.91 Å². The van der Waals surface area contributed by atoms with Gasteiger partial charge >= 0.3 is 0 Å². The number of amides is 2. The number of thioether (sulfide) groups is 1. The first-order chi connectivity index (χ1) is 14.0. The number of piperidine rings is 1. The second-order valence-corrected chi connectivity index (χ2v) is 8.91. The maximum absolute atomic E-state index is 13.0. The van der Waals surface area contributed by atoms with Crippen molar-refractivity contribution in [2.45, 2.75) is 44.6 Å². The maximum Gasteiger partial charge on any atom is 0.266 e. The van der Waals surface area contributed by atoms with Crippen molar-refractivity contribution in [3.05, 3.63) is 40.6 Å². The lowest BCUT2D eigenvalue weighted by Gasteiger charge is -2.35. The van der Waals surface area contributed by atoms with E-state index in [9.17, 15) is 19.1 Å². The maximum atomic E-state index is 13.0. The highest BCUT2D eigenvalue weighted by Crippen LogP contribution is 2.32. The first-order valence-corrected chi connectivity index (χ1v) is 11.1. The monoisotopic (exact) mass is 436 g/mol. The number of aliphatic hydroxyl groups excluding tert-OH is 1. The van der Waals surface area contributed by atoms with Crippen LogP contribution in [0.2, 0.25) is 0 Å². The summed E-state index contributed by atoms with van der Waals surface area (Å²) in [6.07, 6.45) is 6.25. The number of likely N-dealkylation sites (tertiary alicyclic amines) is 1. The number of nitrogens with zero attached hydrogens (tertiary/aromatic N) is 2. The van der Waals surface area contributed by atoms with Crippen molar-refractivity contribution in [2.24, 2.45) is 0 Å². The molecule has 0 spiro atoms. The lowest BCUT2D eigenvalue weighted by Crippen LogP contribution is -2.44. The van der Waals surface area contributed by atoms with Crippen molar-refractivity contribution in [1.29, 1.82) is 0 Å². The molecule has 1 aromatic carbocycles. The Kier molecular flexibility index (Phi) is 7.80. The van der Waals surface area contributed by atoms with E-state index in [0.717, 1.165) is 31.4 Å². The Bertz CT molecular complexity index is 796. The van der Waals surface area contributed by atoms with Crippen LogP contribution in [0.25, 0.3) is 6.08 Å². The molecule has 2 heterocycles. The van der Waals surface area contributed by atoms with Gasteiger partial charge in [0, 0.05) is 32.2 Å². The van der Waals surface area contributed by atoms with Crippen molar-refractivity contribution < 1.29 is 19.1 Å². The van der Waals surface area contributed by atoms with Crippen LogP contribution in [0.15, 0.2) is 29.2 Å². The molecule has 5 nitrogen and oxygen atoms in total. The molecule has 3 rings (SSSR count). The quantitative estimate of drug-likeness (QED) is 0.523. The van der Waals surface area contributed by atoms with Crippen LogP contribution >= 0.6 is 24.0 Å². The number of rotatable bonds is 7. The molecule has 0 radical (unpaired) electrons. The standard InChI is InChI=1S/C21H25FN2O3S2/c22-16-8-6-15(7-9-16)14-18-20(27)24(21(28)29-18)12-3-5-19(26)23-11-2-1-4-17(23)10-13-25/h6-9,14,17,25H,1-5,10-13H2/b18-14-/t17-/m1/s1. The zero-order valence-corrected chi connectivity index (χ0v) is 17.8. The number of hydrogen-bond acceptors (Lipinski definition) is 5. The van der Waals surface area contributed by atoms with Gasteiger partial charge in [-0.05, 0) is 55.9 Å². The van der Waals surface area contributed by atoms with Gasteiger partial charge in [-0.25, -0.2) is 4.39 Å². The molecular formula is C21H25FN2O3S2. The van der Waals surface area contributed by atoms with Crippen LogP contribution < -0.4 is 0 Å². The number of carbonyl (C=O) groups is 2. The molecule has 2 aliphatic heterocycles. The van der Waals surface area contributed by atoms with Gasteiger partial charge < -0.3 is 10.0 Å². The fourth-order valence-electron chi connectivity index (χ4n) is 3.71. The molecule has 1 aromatic rings. The second-order valence-electron chi connectivity index (χ2n) is 7.24. The molecule has 0 aliphatic carbocycles. The molecule has 2 amide bonds. The number of benzene rings is 1. The van der Waals surface area contributed by atoms with Gasteiger partial charge in [0.05, 0.1) is 4.91 Å². The van der Waals surface area contributed by atoms with Crippen molar-refractivity contribution in [3.63, 3.8) is 0 Å². The van der Waals surface area contributed by atoms with Crippen LogP contribution in [0.5, 0.6) is 0 Å². The zero-order chi connectivity index (χ0) is 20.8. The minimum atomic E-state index is -0.325. The minimum absolute atomic E-state index is 0.0791. The smallest absolute Gasteiger partial charge is 0.266 e. The molecule has 2 saturated heterocycles. The Morgan fingerprint density at radius 3 is 2.79 bits per heavy atom. The van der Waals surface area contributed by atoms with E-state index in [-0.39, 0.29) is 30.3 Å². The van der Waals surface area contributed by atoms with Crippen molar-refractivity contribution in [2.75, 3.05) is 19.7 Å². The normalized spacial score (nSPS) is 21.3. The van der Waals surface area contributed by atoms with E-state index in [2.05, 4.69) is 0 Å². The molecule has 2 fully saturated rings. The predicted octanol–water partition coefficient (Wildman–Crippen LogP) is 3.57. The third-order valence-corrected chi connectivity index (χ3v) is 6.60. The molecule has 0 unspecified atom stereocenters. The predicted molar refractivity (Wildman–Crippen MR) is 117 cm³/mol. The van der Waals surface area contributed by atoms with Gasteiger partial charge in [0.15, 0.2) is 0 Å². The highest BCUT2D eigenvalue weighted by molar-refractivity contribution is 8.26. The summed E-state index contributed by atoms with van der Waals surface area (Å²) in [4.78, 5) is 29.2. The summed E-state index contributed by atoms with van der Waals surface area (Å²) in [5.74, 6) is -0.419. The van der Waals surface area contributed by atoms with Gasteiger partial charge in [0.25, 0.3) is 5.91 Å². The molecule has 0 aromatic heterocycles. The molecule has 1 atom stereocenters. The van der Waals surface area contributed by atoms with Crippen LogP contribution in [-0.4, -0.2) is 56.8 Å². The third kappa shape index (κ3) is 5.65. The molecule has 8 heteroatoms. The molecule has 1 N–H and O–H groups in total. The van der Waals surface area contributed by atoms with Crippen molar-refractivity contribution in [1.82, 2.24) is 9.80 Å². The molecule has 0 saturated carbocycles. The Morgan fingerprint density at radius 2 is 2.07 bits per heavy atom. The summed E-state index contributed by atoms with van der Waals surface area (Å²) in [5, 5.41) is 9.22. The van der Waals surface area contributed by atoms with Crippen LogP contribution in [0.3, 0.4) is 0 Å². The van der Waals surface area contributed by atoms with E-state index in [0.29, 0.717) is 35.0 Å². The highest BCUT2D eigenvalue weighted by Gasteiger charge is 2.32. The summed E-state index contributed by atoms with van der Waals surface area (Å²) in [6, 6.07) is 6.05. The molecule has 29 heavy (non-hydrogen) atoms. The Labute approximate surface area is 179 Å². The average Bonchev–Trinajstić information content (AvgIpc) is 2.97. The lowest BCUT2D eigenvalue weighted by molar-refractivity contribution is -0.135. The largest absolute Gasteiger partial charge is 0.396 e. The van der Waals surface area contributed by atoms with E-state index in [1.54, 1.807) is 18.2 Å². The summed E-state index contributed by atoms with van der Waals surface area (Å²) >= 11 is 6.56. The number of hydrogen-bond donors (Lipinski definition) is 1. The minimum Gasteiger partial charge on any atom is -0.396 e. The highest BCUT2D eigenvalue weighted by atomic mass is 32.2. The van der Waals surface area contributed by atoms with E-state index in [1.807, 2.05) is 4.90 Å². The van der Waals surface area contributed by atoms with Crippen LogP contribution in [-0.2, 0) is 9.59 Å². The lowest BCUT2D eigenvalue weighted by atomic mass is 9.99. The third-order valence-electron chi connectivity index (χ3n) is 5.22. The van der Waals surface area contributed by atoms with E-state index >= 15 is 0 Å². The van der Waals surface area contributed by atoms with Crippen molar-refractivity contribution in [3.8, 4) is 0 Å². The van der Waals surface area contributed by atoms with Crippen LogP contribution in [0.4, 0.5) is 4.39 Å². The van der Waals surface area contributed by atoms with E-state index in [1.165, 1.54) is 28.8 Å². The fourth-order valence-corrected chi connectivity index (χ4v) is 5.02. The second kappa shape index (κ2) is 10.3. The zero-order valence-electron chi connectivity index (χ0n) is 16.2. The first-order valence-electron chi connectivity index (χ1n) is 9.91. The summed E-state index contributed by atoms with van der Waals surface area (Å²) in [7, 11) is 0. The number of carbonyl (C=O) groups excluding carboxylic acids is 2. The number of thiocarbonyl (C=S) groups is 1. The molecule has 2 aliphatic rings. The van der Waals surface area contributed by atoms with Crippen molar-refractivity contribution >= 4 is 46.2 Å². The average molecular weight is 437 g/mol. The first kappa shape index (κ1) is 21.9. The van der Waals surface area contributed by atoms with E-state index in [4.69, 9.17) is 12.2 Å². The molecule has 156 valence electrons. The molecule has 0 bridgehead atoms. The number of halogens is 1. The Morgan fingerprint density at radius 1 is 1.31 bits per heavy atom.